The molecule has 3 N–H and O–H groups in total. The normalized spacial score (nSPS) is 21.9. The number of rotatable bonds is 2. The van der Waals surface area contributed by atoms with Gasteiger partial charge in [0.05, 0.1) is 12.3 Å². The van der Waals surface area contributed by atoms with Crippen LogP contribution in [0, 0.1) is 0 Å². The Morgan fingerprint density at radius 2 is 2.50 bits per heavy atom. The molecule has 76 valence electrons. The summed E-state index contributed by atoms with van der Waals surface area (Å²) < 4.78 is 5.37. The highest BCUT2D eigenvalue weighted by molar-refractivity contribution is 5.61. The smallest absolute Gasteiger partial charge is 0.146 e. The number of hydrogen-bond donors (Lipinski definition) is 2. The number of nitrogens with one attached hydrogen (secondary N) is 1. The Bertz CT molecular complexity index is 297. The molecule has 4 heteroatoms. The van der Waals surface area contributed by atoms with Gasteiger partial charge in [-0.25, -0.2) is 4.98 Å². The van der Waals surface area contributed by atoms with Crippen molar-refractivity contribution in [3.05, 3.63) is 18.3 Å². The molecule has 1 fully saturated rings. The van der Waals surface area contributed by atoms with E-state index < -0.39 is 0 Å². The fourth-order valence-electron chi connectivity index (χ4n) is 1.61. The van der Waals surface area contributed by atoms with Gasteiger partial charge in [0.2, 0.25) is 0 Å². The second-order valence-corrected chi connectivity index (χ2v) is 3.49. The number of nitrogen functional groups attached to an aromatic ring is 1. The lowest BCUT2D eigenvalue weighted by Crippen LogP contribution is -2.30. The topological polar surface area (TPSA) is 60.2 Å². The van der Waals surface area contributed by atoms with Crippen molar-refractivity contribution >= 4 is 11.5 Å². The molecule has 1 aromatic rings. The van der Waals surface area contributed by atoms with Crippen molar-refractivity contribution in [1.29, 1.82) is 0 Å². The molecule has 1 atom stereocenters. The summed E-state index contributed by atoms with van der Waals surface area (Å²) in [5.74, 6) is 0.554. The van der Waals surface area contributed by atoms with Gasteiger partial charge in [0.25, 0.3) is 0 Å². The summed E-state index contributed by atoms with van der Waals surface area (Å²) in [6.45, 7) is 1.63. The Hall–Kier alpha value is -1.29. The van der Waals surface area contributed by atoms with Gasteiger partial charge in [0.1, 0.15) is 5.82 Å². The SMILES string of the molecule is Nc1ncccc1NC1CCCOC1. The van der Waals surface area contributed by atoms with Crippen molar-refractivity contribution in [2.24, 2.45) is 0 Å². The number of anilines is 2. The van der Waals surface area contributed by atoms with Crippen molar-refractivity contribution in [3.8, 4) is 0 Å². The summed E-state index contributed by atoms with van der Waals surface area (Å²) >= 11 is 0. The second kappa shape index (κ2) is 4.28. The molecule has 0 aromatic carbocycles. The molecule has 14 heavy (non-hydrogen) atoms. The van der Waals surface area contributed by atoms with Gasteiger partial charge < -0.3 is 15.8 Å². The predicted octanol–water partition coefficient (Wildman–Crippen LogP) is 1.25. The minimum atomic E-state index is 0.371. The summed E-state index contributed by atoms with van der Waals surface area (Å²) in [7, 11) is 0. The van der Waals surface area contributed by atoms with E-state index in [1.54, 1.807) is 6.20 Å². The van der Waals surface area contributed by atoms with Gasteiger partial charge in [-0.2, -0.15) is 0 Å². The number of nitrogens with two attached hydrogens (primary N) is 1. The molecule has 0 spiro atoms. The maximum Gasteiger partial charge on any atom is 0.146 e. The van der Waals surface area contributed by atoms with Crippen LogP contribution in [-0.4, -0.2) is 24.2 Å². The summed E-state index contributed by atoms with van der Waals surface area (Å²) in [4.78, 5) is 4.02. The molecule has 1 aliphatic rings. The van der Waals surface area contributed by atoms with Gasteiger partial charge in [-0.15, -0.1) is 0 Å². The van der Waals surface area contributed by atoms with Crippen molar-refractivity contribution < 1.29 is 4.74 Å². The van der Waals surface area contributed by atoms with Crippen LogP contribution in [0.1, 0.15) is 12.8 Å². The van der Waals surface area contributed by atoms with E-state index in [4.69, 9.17) is 10.5 Å². The molecule has 0 radical (unpaired) electrons. The Kier molecular flexibility index (Phi) is 2.84. The maximum absolute atomic E-state index is 5.72. The van der Waals surface area contributed by atoms with Crippen molar-refractivity contribution in [3.63, 3.8) is 0 Å². The Morgan fingerprint density at radius 1 is 1.57 bits per heavy atom. The van der Waals surface area contributed by atoms with Crippen LogP contribution in [0.4, 0.5) is 11.5 Å². The first-order valence-corrected chi connectivity index (χ1v) is 4.91. The molecule has 2 rings (SSSR count). The van der Waals surface area contributed by atoms with Gasteiger partial charge in [0, 0.05) is 18.8 Å². The molecule has 1 saturated heterocycles. The van der Waals surface area contributed by atoms with E-state index in [-0.39, 0.29) is 0 Å². The first-order valence-electron chi connectivity index (χ1n) is 4.91. The summed E-state index contributed by atoms with van der Waals surface area (Å²) in [5, 5.41) is 3.34. The van der Waals surface area contributed by atoms with Crippen LogP contribution in [0.25, 0.3) is 0 Å². The zero-order valence-electron chi connectivity index (χ0n) is 8.07. The van der Waals surface area contributed by atoms with E-state index >= 15 is 0 Å². The van der Waals surface area contributed by atoms with Crippen molar-refractivity contribution in [2.75, 3.05) is 24.3 Å². The van der Waals surface area contributed by atoms with Crippen LogP contribution >= 0.6 is 0 Å². The number of hydrogen-bond acceptors (Lipinski definition) is 4. The van der Waals surface area contributed by atoms with Gasteiger partial charge >= 0.3 is 0 Å². The standard InChI is InChI=1S/C10H15N3O/c11-10-9(4-1-5-12-10)13-8-3-2-6-14-7-8/h1,4-5,8,13H,2-3,6-7H2,(H2,11,12). The quantitative estimate of drug-likeness (QED) is 0.742. The lowest BCUT2D eigenvalue weighted by atomic mass is 10.1. The Labute approximate surface area is 83.5 Å². The van der Waals surface area contributed by atoms with E-state index in [1.807, 2.05) is 12.1 Å². The molecular formula is C10H15N3O. The zero-order chi connectivity index (χ0) is 9.80. The molecule has 1 aromatic heterocycles. The van der Waals surface area contributed by atoms with E-state index in [2.05, 4.69) is 10.3 Å². The van der Waals surface area contributed by atoms with Crippen molar-refractivity contribution in [1.82, 2.24) is 4.98 Å². The van der Waals surface area contributed by atoms with E-state index in [9.17, 15) is 0 Å². The lowest BCUT2D eigenvalue weighted by molar-refractivity contribution is 0.0876. The number of nitrogens with zero attached hydrogens (tertiary/aromatic N) is 1. The van der Waals surface area contributed by atoms with E-state index in [0.717, 1.165) is 31.7 Å². The van der Waals surface area contributed by atoms with E-state index in [1.165, 1.54) is 0 Å². The highest BCUT2D eigenvalue weighted by Crippen LogP contribution is 2.18. The Balaban J connectivity index is 1.99. The van der Waals surface area contributed by atoms with Gasteiger partial charge in [0.15, 0.2) is 0 Å². The highest BCUT2D eigenvalue weighted by atomic mass is 16.5. The second-order valence-electron chi connectivity index (χ2n) is 3.49. The summed E-state index contributed by atoms with van der Waals surface area (Å²) in [6.07, 6.45) is 3.93. The minimum Gasteiger partial charge on any atom is -0.382 e. The van der Waals surface area contributed by atoms with Crippen LogP contribution in [0.5, 0.6) is 0 Å². The first-order chi connectivity index (χ1) is 6.86. The third kappa shape index (κ3) is 2.14. The molecular weight excluding hydrogens is 178 g/mol. The first kappa shape index (κ1) is 9.27. The van der Waals surface area contributed by atoms with Gasteiger partial charge in [-0.1, -0.05) is 0 Å². The fourth-order valence-corrected chi connectivity index (χ4v) is 1.61. The average Bonchev–Trinajstić information content (AvgIpc) is 2.23. The fraction of sp³-hybridized carbons (Fsp3) is 0.500. The number of aromatic nitrogens is 1. The lowest BCUT2D eigenvalue weighted by Gasteiger charge is -2.24. The molecule has 1 aliphatic heterocycles. The molecule has 2 heterocycles. The van der Waals surface area contributed by atoms with Gasteiger partial charge in [-0.3, -0.25) is 0 Å². The molecule has 0 bridgehead atoms. The van der Waals surface area contributed by atoms with Crippen LogP contribution in [0.3, 0.4) is 0 Å². The van der Waals surface area contributed by atoms with E-state index in [0.29, 0.717) is 11.9 Å². The number of pyridine rings is 1. The predicted molar refractivity (Wildman–Crippen MR) is 56.1 cm³/mol. The van der Waals surface area contributed by atoms with Crippen LogP contribution in [0.2, 0.25) is 0 Å². The third-order valence-corrected chi connectivity index (χ3v) is 2.36. The third-order valence-electron chi connectivity index (χ3n) is 2.36. The summed E-state index contributed by atoms with van der Waals surface area (Å²) in [5.41, 5.74) is 6.63. The highest BCUT2D eigenvalue weighted by Gasteiger charge is 2.14. The molecule has 0 saturated carbocycles. The summed E-state index contributed by atoms with van der Waals surface area (Å²) in [6, 6.07) is 4.19. The number of ether oxygens (including phenoxy) is 1. The zero-order valence-corrected chi connectivity index (χ0v) is 8.07. The minimum absolute atomic E-state index is 0.371. The monoisotopic (exact) mass is 193 g/mol. The maximum atomic E-state index is 5.72. The molecule has 0 aliphatic carbocycles. The average molecular weight is 193 g/mol. The molecule has 0 amide bonds. The van der Waals surface area contributed by atoms with Gasteiger partial charge in [-0.05, 0) is 25.0 Å². The largest absolute Gasteiger partial charge is 0.382 e. The molecule has 1 unspecified atom stereocenters. The van der Waals surface area contributed by atoms with Crippen LogP contribution < -0.4 is 11.1 Å². The van der Waals surface area contributed by atoms with Crippen LogP contribution in [0.15, 0.2) is 18.3 Å². The Morgan fingerprint density at radius 3 is 3.21 bits per heavy atom. The molecule has 4 nitrogen and oxygen atoms in total. The van der Waals surface area contributed by atoms with Crippen LogP contribution in [-0.2, 0) is 4.74 Å². The van der Waals surface area contributed by atoms with Crippen molar-refractivity contribution in [2.45, 2.75) is 18.9 Å².